The van der Waals surface area contributed by atoms with E-state index in [4.69, 9.17) is 10.5 Å². The number of nitrogens with two attached hydrogens (primary N) is 1. The number of anilines is 2. The lowest BCUT2D eigenvalue weighted by Crippen LogP contribution is -2.55. The molecule has 0 aromatic heterocycles. The molecule has 0 spiro atoms. The van der Waals surface area contributed by atoms with Gasteiger partial charge in [0.2, 0.25) is 0 Å². The maximum absolute atomic E-state index is 13.0. The molecule has 0 bridgehead atoms. The fourth-order valence-electron chi connectivity index (χ4n) is 3.82. The van der Waals surface area contributed by atoms with E-state index in [2.05, 4.69) is 15.0 Å². The first-order valence-electron chi connectivity index (χ1n) is 10.4. The molecular weight excluding hydrogens is 428 g/mol. The Morgan fingerprint density at radius 3 is 2.94 bits per heavy atom. The second kappa shape index (κ2) is 9.39. The van der Waals surface area contributed by atoms with Crippen molar-refractivity contribution in [1.29, 1.82) is 0 Å². The first-order chi connectivity index (χ1) is 15.9. The zero-order valence-electron chi connectivity index (χ0n) is 18.0. The van der Waals surface area contributed by atoms with Crippen molar-refractivity contribution >= 4 is 35.0 Å². The third-order valence-electron chi connectivity index (χ3n) is 5.54. The number of benzene rings is 2. The van der Waals surface area contributed by atoms with Crippen LogP contribution in [0.25, 0.3) is 0 Å². The number of hydrogen-bond acceptors (Lipinski definition) is 8. The molecule has 4 rings (SSSR count). The summed E-state index contributed by atoms with van der Waals surface area (Å²) in [5.41, 5.74) is 9.15. The number of hydrogen-bond donors (Lipinski definition) is 3. The number of rotatable bonds is 6. The molecular formula is C23H24N4O6. The number of aliphatic hydroxyl groups excluding tert-OH is 1. The van der Waals surface area contributed by atoms with Gasteiger partial charge in [0.15, 0.2) is 12.2 Å². The van der Waals surface area contributed by atoms with Crippen molar-refractivity contribution in [2.45, 2.75) is 25.2 Å². The predicted octanol–water partition coefficient (Wildman–Crippen LogP) is 0.352. The lowest BCUT2D eigenvalue weighted by atomic mass is 10.1. The Morgan fingerprint density at radius 2 is 2.15 bits per heavy atom. The lowest BCUT2D eigenvalue weighted by Gasteiger charge is -2.34. The quantitative estimate of drug-likeness (QED) is 0.537. The SMILES string of the molecule is COC(=O)Cc1cccc(N2CCOC(C(O)C(=O)Nc3ccc4c(c3)CN=C4N)C2=O)c1. The third kappa shape index (κ3) is 4.71. The number of morpholine rings is 1. The van der Waals surface area contributed by atoms with Crippen molar-refractivity contribution < 1.29 is 29.0 Å². The molecule has 2 unspecified atom stereocenters. The Kier molecular flexibility index (Phi) is 6.38. The highest BCUT2D eigenvalue weighted by Crippen LogP contribution is 2.24. The first-order valence-corrected chi connectivity index (χ1v) is 10.4. The number of ether oxygens (including phenoxy) is 2. The van der Waals surface area contributed by atoms with Gasteiger partial charge < -0.3 is 30.5 Å². The maximum atomic E-state index is 13.0. The number of carbonyl (C=O) groups excluding carboxylic acids is 3. The van der Waals surface area contributed by atoms with Crippen LogP contribution < -0.4 is 16.0 Å². The zero-order chi connectivity index (χ0) is 23.5. The molecule has 2 aliphatic rings. The number of aliphatic hydroxyl groups is 1. The van der Waals surface area contributed by atoms with Gasteiger partial charge in [-0.05, 0) is 41.5 Å². The van der Waals surface area contributed by atoms with E-state index in [-0.39, 0.29) is 19.6 Å². The van der Waals surface area contributed by atoms with Gasteiger partial charge in [-0.25, -0.2) is 0 Å². The van der Waals surface area contributed by atoms with Crippen molar-refractivity contribution in [3.05, 3.63) is 59.2 Å². The van der Waals surface area contributed by atoms with E-state index in [1.54, 1.807) is 42.5 Å². The van der Waals surface area contributed by atoms with Gasteiger partial charge in [0.25, 0.3) is 11.8 Å². The molecule has 2 aliphatic heterocycles. The summed E-state index contributed by atoms with van der Waals surface area (Å²) in [4.78, 5) is 42.8. The standard InChI is InChI=1S/C23H24N4O6/c1-32-18(28)10-13-3-2-4-16(9-13)27-7-8-33-20(23(27)31)19(29)22(30)26-15-5-6-17-14(11-15)12-25-21(17)24/h2-6,9,11,19-20,29H,7-8,10,12H2,1H3,(H2,24,25)(H,26,30). The summed E-state index contributed by atoms with van der Waals surface area (Å²) in [6, 6.07) is 12.0. The summed E-state index contributed by atoms with van der Waals surface area (Å²) >= 11 is 0. The Labute approximate surface area is 190 Å². The molecule has 33 heavy (non-hydrogen) atoms. The number of esters is 1. The first kappa shape index (κ1) is 22.4. The van der Waals surface area contributed by atoms with E-state index in [9.17, 15) is 19.5 Å². The van der Waals surface area contributed by atoms with E-state index in [0.29, 0.717) is 29.3 Å². The minimum absolute atomic E-state index is 0.0643. The number of nitrogens with zero attached hydrogens (tertiary/aromatic N) is 2. The van der Waals surface area contributed by atoms with Crippen LogP contribution in [-0.4, -0.2) is 61.2 Å². The van der Waals surface area contributed by atoms with Crippen LogP contribution in [0.1, 0.15) is 16.7 Å². The molecule has 1 fully saturated rings. The minimum Gasteiger partial charge on any atom is -0.469 e. The molecule has 2 aromatic rings. The number of amides is 2. The van der Waals surface area contributed by atoms with E-state index in [1.165, 1.54) is 12.0 Å². The molecule has 0 aliphatic carbocycles. The molecule has 172 valence electrons. The molecule has 2 amide bonds. The van der Waals surface area contributed by atoms with Crippen molar-refractivity contribution in [3.63, 3.8) is 0 Å². The topological polar surface area (TPSA) is 144 Å². The predicted molar refractivity (Wildman–Crippen MR) is 120 cm³/mol. The molecule has 0 saturated carbocycles. The van der Waals surface area contributed by atoms with Crippen LogP contribution in [0.5, 0.6) is 0 Å². The number of fused-ring (bicyclic) bond motifs is 1. The smallest absolute Gasteiger partial charge is 0.309 e. The molecule has 2 aromatic carbocycles. The number of carbonyl (C=O) groups is 3. The fourth-order valence-corrected chi connectivity index (χ4v) is 3.82. The van der Waals surface area contributed by atoms with Crippen molar-refractivity contribution in [3.8, 4) is 0 Å². The number of amidine groups is 1. The molecule has 2 heterocycles. The molecule has 10 nitrogen and oxygen atoms in total. The van der Waals surface area contributed by atoms with Gasteiger partial charge in [-0.3, -0.25) is 19.4 Å². The van der Waals surface area contributed by atoms with E-state index >= 15 is 0 Å². The van der Waals surface area contributed by atoms with Crippen LogP contribution in [0.4, 0.5) is 11.4 Å². The average Bonchev–Trinajstić information content (AvgIpc) is 3.18. The highest BCUT2D eigenvalue weighted by molar-refractivity contribution is 6.05. The summed E-state index contributed by atoms with van der Waals surface area (Å²) in [7, 11) is 1.31. The molecule has 2 atom stereocenters. The molecule has 1 saturated heterocycles. The summed E-state index contributed by atoms with van der Waals surface area (Å²) in [5, 5.41) is 13.2. The van der Waals surface area contributed by atoms with Gasteiger partial charge in [-0.15, -0.1) is 0 Å². The van der Waals surface area contributed by atoms with Crippen LogP contribution in [0.2, 0.25) is 0 Å². The summed E-state index contributed by atoms with van der Waals surface area (Å²) < 4.78 is 10.1. The number of nitrogens with one attached hydrogen (secondary N) is 1. The highest BCUT2D eigenvalue weighted by atomic mass is 16.5. The Morgan fingerprint density at radius 1 is 1.33 bits per heavy atom. The second-order valence-corrected chi connectivity index (χ2v) is 7.71. The Bertz CT molecular complexity index is 1130. The summed E-state index contributed by atoms with van der Waals surface area (Å²) in [6.07, 6.45) is -3.01. The average molecular weight is 452 g/mol. The van der Waals surface area contributed by atoms with E-state index in [1.807, 2.05) is 0 Å². The van der Waals surface area contributed by atoms with Gasteiger partial charge in [-0.1, -0.05) is 12.1 Å². The van der Waals surface area contributed by atoms with Crippen LogP contribution in [0.3, 0.4) is 0 Å². The van der Waals surface area contributed by atoms with E-state index in [0.717, 1.165) is 11.1 Å². The van der Waals surface area contributed by atoms with Gasteiger partial charge in [0.1, 0.15) is 5.84 Å². The Balaban J connectivity index is 1.45. The maximum Gasteiger partial charge on any atom is 0.309 e. The number of methoxy groups -OCH3 is 1. The van der Waals surface area contributed by atoms with Crippen molar-refractivity contribution in [2.75, 3.05) is 30.5 Å². The normalized spacial score (nSPS) is 18.4. The van der Waals surface area contributed by atoms with Crippen molar-refractivity contribution in [1.82, 2.24) is 0 Å². The Hall–Kier alpha value is -3.76. The van der Waals surface area contributed by atoms with Gasteiger partial charge in [-0.2, -0.15) is 0 Å². The van der Waals surface area contributed by atoms with Crippen LogP contribution in [0, 0.1) is 0 Å². The fraction of sp³-hybridized carbons (Fsp3) is 0.304. The van der Waals surface area contributed by atoms with Gasteiger partial charge in [0.05, 0.1) is 26.7 Å². The third-order valence-corrected chi connectivity index (χ3v) is 5.54. The van der Waals surface area contributed by atoms with Crippen molar-refractivity contribution in [2.24, 2.45) is 10.7 Å². The number of aliphatic imine (C=N–C) groups is 1. The monoisotopic (exact) mass is 452 g/mol. The molecule has 4 N–H and O–H groups in total. The minimum atomic E-state index is -1.71. The van der Waals surface area contributed by atoms with Gasteiger partial charge in [0, 0.05) is 23.5 Å². The second-order valence-electron chi connectivity index (χ2n) is 7.71. The van der Waals surface area contributed by atoms with E-state index < -0.39 is 30.0 Å². The lowest BCUT2D eigenvalue weighted by molar-refractivity contribution is -0.150. The molecule has 0 radical (unpaired) electrons. The van der Waals surface area contributed by atoms with Crippen LogP contribution in [-0.2, 0) is 36.8 Å². The highest BCUT2D eigenvalue weighted by Gasteiger charge is 2.39. The largest absolute Gasteiger partial charge is 0.469 e. The van der Waals surface area contributed by atoms with Crippen LogP contribution >= 0.6 is 0 Å². The summed E-state index contributed by atoms with van der Waals surface area (Å²) in [5.74, 6) is -1.26. The molecule has 10 heteroatoms. The van der Waals surface area contributed by atoms with Crippen LogP contribution in [0.15, 0.2) is 47.5 Å². The summed E-state index contributed by atoms with van der Waals surface area (Å²) in [6.45, 7) is 0.802. The zero-order valence-corrected chi connectivity index (χ0v) is 18.0. The van der Waals surface area contributed by atoms with Gasteiger partial charge >= 0.3 is 5.97 Å².